The standard InChI is InChI=1S/C32H34F2N6O2/c1-5-26(41)36-24-8-6-7-21(17-24)27-20(2)9-10-22-18-35-31(38-28(22)27)37-23-11-13-25(14-12-23)40-16-15-39(19-32(3,4)42)29(33)30(40)34/h5-14,17-18,29-30,42H,1,15-16,19H2,2-4H3,(H,36,41)(H,35,37,38). The molecule has 2 atom stereocenters. The third kappa shape index (κ3) is 6.40. The third-order valence-corrected chi connectivity index (χ3v) is 7.11. The van der Waals surface area contributed by atoms with Crippen LogP contribution >= 0.6 is 0 Å². The minimum absolute atomic E-state index is 0.0512. The molecule has 0 aliphatic carbocycles. The van der Waals surface area contributed by atoms with Crippen LogP contribution in [0.4, 0.5) is 31.8 Å². The number of halogens is 2. The first-order chi connectivity index (χ1) is 20.0. The highest BCUT2D eigenvalue weighted by Crippen LogP contribution is 2.33. The van der Waals surface area contributed by atoms with E-state index in [1.807, 2.05) is 43.3 Å². The monoisotopic (exact) mass is 572 g/mol. The fraction of sp³-hybridized carbons (Fsp3) is 0.281. The van der Waals surface area contributed by atoms with E-state index in [4.69, 9.17) is 4.98 Å². The van der Waals surface area contributed by atoms with E-state index < -0.39 is 18.2 Å². The Hall–Kier alpha value is -4.41. The first-order valence-electron chi connectivity index (χ1n) is 13.7. The number of rotatable bonds is 8. The topological polar surface area (TPSA) is 93.6 Å². The van der Waals surface area contributed by atoms with E-state index >= 15 is 4.39 Å². The van der Waals surface area contributed by atoms with Gasteiger partial charge in [0, 0.05) is 53.8 Å². The molecule has 4 aromatic rings. The fourth-order valence-corrected chi connectivity index (χ4v) is 5.17. The van der Waals surface area contributed by atoms with E-state index in [-0.39, 0.29) is 12.5 Å². The molecule has 42 heavy (non-hydrogen) atoms. The van der Waals surface area contributed by atoms with Crippen molar-refractivity contribution < 1.29 is 18.7 Å². The lowest BCUT2D eigenvalue weighted by molar-refractivity contribution is -0.111. The number of piperazine rings is 1. The zero-order valence-electron chi connectivity index (χ0n) is 23.8. The van der Waals surface area contributed by atoms with Gasteiger partial charge in [-0.1, -0.05) is 30.8 Å². The molecule has 1 aliphatic heterocycles. The molecule has 0 spiro atoms. The van der Waals surface area contributed by atoms with E-state index in [0.717, 1.165) is 27.6 Å². The van der Waals surface area contributed by atoms with Crippen molar-refractivity contribution >= 4 is 39.8 Å². The lowest BCUT2D eigenvalue weighted by atomic mass is 9.97. The summed E-state index contributed by atoms with van der Waals surface area (Å²) in [5.41, 5.74) is 4.35. The zero-order chi connectivity index (χ0) is 30.0. The Kier molecular flexibility index (Phi) is 8.20. The maximum Gasteiger partial charge on any atom is 0.247 e. The van der Waals surface area contributed by atoms with Gasteiger partial charge < -0.3 is 20.6 Å². The summed E-state index contributed by atoms with van der Waals surface area (Å²) in [6.07, 6.45) is -0.728. The van der Waals surface area contributed by atoms with Crippen LogP contribution in [0.5, 0.6) is 0 Å². The average Bonchev–Trinajstić information content (AvgIpc) is 2.95. The lowest BCUT2D eigenvalue weighted by Gasteiger charge is -2.42. The summed E-state index contributed by atoms with van der Waals surface area (Å²) in [5.74, 6) is 0.0896. The Bertz CT molecular complexity index is 1610. The number of fused-ring (bicyclic) bond motifs is 1. The number of β-amino-alcohol motifs (C(OH)–C–C–N with tert-alkyl or cyclic N) is 1. The molecule has 1 saturated heterocycles. The van der Waals surface area contributed by atoms with Gasteiger partial charge in [0.2, 0.25) is 24.4 Å². The minimum Gasteiger partial charge on any atom is -0.389 e. The number of nitrogens with zero attached hydrogens (tertiary/aromatic N) is 4. The summed E-state index contributed by atoms with van der Waals surface area (Å²) < 4.78 is 29.9. The van der Waals surface area contributed by atoms with E-state index in [9.17, 15) is 14.3 Å². The highest BCUT2D eigenvalue weighted by molar-refractivity contribution is 6.00. The van der Waals surface area contributed by atoms with Gasteiger partial charge >= 0.3 is 0 Å². The summed E-state index contributed by atoms with van der Waals surface area (Å²) in [6, 6.07) is 18.5. The Morgan fingerprint density at radius 2 is 1.86 bits per heavy atom. The van der Waals surface area contributed by atoms with Crippen molar-refractivity contribution in [1.82, 2.24) is 14.9 Å². The quantitative estimate of drug-likeness (QED) is 0.177. The van der Waals surface area contributed by atoms with Crippen LogP contribution in [0.3, 0.4) is 0 Å². The number of aliphatic hydroxyl groups is 1. The minimum atomic E-state index is -1.85. The molecule has 1 amide bonds. The number of hydrogen-bond donors (Lipinski definition) is 3. The predicted molar refractivity (Wildman–Crippen MR) is 163 cm³/mol. The molecule has 0 bridgehead atoms. The van der Waals surface area contributed by atoms with Crippen molar-refractivity contribution in [3.05, 3.63) is 85.1 Å². The van der Waals surface area contributed by atoms with Crippen LogP contribution in [0.2, 0.25) is 0 Å². The van der Waals surface area contributed by atoms with Gasteiger partial charge in [0.25, 0.3) is 0 Å². The van der Waals surface area contributed by atoms with Gasteiger partial charge in [-0.15, -0.1) is 0 Å². The van der Waals surface area contributed by atoms with Crippen LogP contribution in [0, 0.1) is 6.92 Å². The van der Waals surface area contributed by atoms with Crippen molar-refractivity contribution in [2.24, 2.45) is 0 Å². The molecule has 1 aromatic heterocycles. The molecule has 218 valence electrons. The Balaban J connectivity index is 1.36. The van der Waals surface area contributed by atoms with Gasteiger partial charge in [-0.05, 0) is 74.4 Å². The fourth-order valence-electron chi connectivity index (χ4n) is 5.17. The maximum absolute atomic E-state index is 15.0. The van der Waals surface area contributed by atoms with Crippen molar-refractivity contribution in [3.8, 4) is 11.1 Å². The Morgan fingerprint density at radius 1 is 1.10 bits per heavy atom. The number of benzene rings is 3. The molecular formula is C32H34F2N6O2. The molecule has 3 aromatic carbocycles. The summed E-state index contributed by atoms with van der Waals surface area (Å²) in [6.45, 7) is 9.30. The summed E-state index contributed by atoms with van der Waals surface area (Å²) >= 11 is 0. The summed E-state index contributed by atoms with van der Waals surface area (Å²) in [7, 11) is 0. The highest BCUT2D eigenvalue weighted by atomic mass is 19.2. The van der Waals surface area contributed by atoms with E-state index in [0.29, 0.717) is 36.1 Å². The summed E-state index contributed by atoms with van der Waals surface area (Å²) in [4.78, 5) is 23.8. The van der Waals surface area contributed by atoms with Gasteiger partial charge in [-0.2, -0.15) is 0 Å². The molecule has 5 rings (SSSR count). The van der Waals surface area contributed by atoms with Crippen molar-refractivity contribution in [2.45, 2.75) is 39.0 Å². The Labute approximate surface area is 243 Å². The zero-order valence-corrected chi connectivity index (χ0v) is 23.8. The second-order valence-electron chi connectivity index (χ2n) is 11.1. The lowest BCUT2D eigenvalue weighted by Crippen LogP contribution is -2.58. The maximum atomic E-state index is 15.0. The number of aromatic nitrogens is 2. The number of hydrogen-bond acceptors (Lipinski definition) is 7. The molecule has 8 nitrogen and oxygen atoms in total. The molecule has 0 saturated carbocycles. The van der Waals surface area contributed by atoms with E-state index in [1.165, 1.54) is 15.9 Å². The van der Waals surface area contributed by atoms with Gasteiger partial charge in [-0.25, -0.2) is 18.7 Å². The molecule has 10 heteroatoms. The first-order valence-corrected chi connectivity index (χ1v) is 13.7. The van der Waals surface area contributed by atoms with Gasteiger partial charge in [0.05, 0.1) is 11.1 Å². The number of amides is 1. The smallest absolute Gasteiger partial charge is 0.247 e. The first kappa shape index (κ1) is 29.1. The molecule has 2 unspecified atom stereocenters. The highest BCUT2D eigenvalue weighted by Gasteiger charge is 2.39. The predicted octanol–water partition coefficient (Wildman–Crippen LogP) is 5.96. The van der Waals surface area contributed by atoms with Crippen LogP contribution in [0.1, 0.15) is 19.4 Å². The van der Waals surface area contributed by atoms with Crippen LogP contribution < -0.4 is 15.5 Å². The average molecular weight is 573 g/mol. The van der Waals surface area contributed by atoms with Gasteiger partial charge in [0.15, 0.2) is 0 Å². The van der Waals surface area contributed by atoms with Gasteiger partial charge in [-0.3, -0.25) is 9.69 Å². The number of aryl methyl sites for hydroxylation is 1. The number of nitrogens with one attached hydrogen (secondary N) is 2. The second-order valence-corrected chi connectivity index (χ2v) is 11.1. The van der Waals surface area contributed by atoms with Crippen LogP contribution in [-0.2, 0) is 4.79 Å². The molecule has 3 N–H and O–H groups in total. The SMILES string of the molecule is C=CC(=O)Nc1cccc(-c2c(C)ccc3cnc(Nc4ccc(N5CCN(CC(C)(C)O)C(F)C5F)cc4)nc23)c1. The normalized spacial score (nSPS) is 17.7. The van der Waals surface area contributed by atoms with Crippen LogP contribution in [0.25, 0.3) is 22.0 Å². The van der Waals surface area contributed by atoms with Crippen molar-refractivity contribution in [3.63, 3.8) is 0 Å². The van der Waals surface area contributed by atoms with Crippen LogP contribution in [-0.4, -0.2) is 63.7 Å². The molecule has 1 aliphatic rings. The number of carbonyl (C=O) groups is 1. The Morgan fingerprint density at radius 3 is 2.57 bits per heavy atom. The third-order valence-electron chi connectivity index (χ3n) is 7.11. The van der Waals surface area contributed by atoms with Crippen molar-refractivity contribution in [2.75, 3.05) is 35.2 Å². The molecule has 1 fully saturated rings. The largest absolute Gasteiger partial charge is 0.389 e. The van der Waals surface area contributed by atoms with E-state index in [1.54, 1.807) is 44.3 Å². The second kappa shape index (κ2) is 11.8. The number of anilines is 4. The van der Waals surface area contributed by atoms with E-state index in [2.05, 4.69) is 22.2 Å². The molecular weight excluding hydrogens is 538 g/mol. The van der Waals surface area contributed by atoms with Crippen LogP contribution in [0.15, 0.2) is 79.5 Å². The number of alkyl halides is 2. The molecule has 2 heterocycles. The molecule has 0 radical (unpaired) electrons. The van der Waals surface area contributed by atoms with Gasteiger partial charge in [0.1, 0.15) is 0 Å². The summed E-state index contributed by atoms with van der Waals surface area (Å²) in [5, 5.41) is 16.9. The van der Waals surface area contributed by atoms with Crippen molar-refractivity contribution in [1.29, 1.82) is 0 Å². The number of carbonyl (C=O) groups excluding carboxylic acids is 1.